The van der Waals surface area contributed by atoms with Gasteiger partial charge >= 0.3 is 11.7 Å². The summed E-state index contributed by atoms with van der Waals surface area (Å²) in [6.45, 7) is 0. The Balaban J connectivity index is 3.04. The number of aliphatic carboxylic acids is 1. The van der Waals surface area contributed by atoms with Crippen LogP contribution in [0.2, 0.25) is 0 Å². The summed E-state index contributed by atoms with van der Waals surface area (Å²) >= 11 is 2.97. The predicted molar refractivity (Wildman–Crippen MR) is 58.4 cm³/mol. The van der Waals surface area contributed by atoms with Gasteiger partial charge in [0, 0.05) is 12.5 Å². The van der Waals surface area contributed by atoms with E-state index in [9.17, 15) is 20.0 Å². The molecule has 0 bridgehead atoms. The van der Waals surface area contributed by atoms with E-state index in [-0.39, 0.29) is 17.3 Å². The number of nitro benzene ring substituents is 1. The van der Waals surface area contributed by atoms with Crippen molar-refractivity contribution in [3.05, 3.63) is 32.3 Å². The summed E-state index contributed by atoms with van der Waals surface area (Å²) in [5.41, 5.74) is 0.0496. The first-order chi connectivity index (χ1) is 7.41. The number of hydrogen-bond donors (Lipinski definition) is 2. The highest BCUT2D eigenvalue weighted by Gasteiger charge is 2.17. The second kappa shape index (κ2) is 4.93. The fourth-order valence-electron chi connectivity index (χ4n) is 1.17. The van der Waals surface area contributed by atoms with Crippen LogP contribution in [0.4, 0.5) is 5.69 Å². The minimum atomic E-state index is -0.980. The van der Waals surface area contributed by atoms with Crippen LogP contribution in [0.15, 0.2) is 16.6 Å². The van der Waals surface area contributed by atoms with E-state index in [2.05, 4.69) is 15.9 Å². The number of carbonyl (C=O) groups is 1. The molecule has 0 aliphatic heterocycles. The zero-order chi connectivity index (χ0) is 12.3. The lowest BCUT2D eigenvalue weighted by atomic mass is 10.1. The van der Waals surface area contributed by atoms with Crippen molar-refractivity contribution in [2.24, 2.45) is 0 Å². The lowest BCUT2D eigenvalue weighted by Gasteiger charge is -2.03. The van der Waals surface area contributed by atoms with Crippen molar-refractivity contribution in [1.82, 2.24) is 0 Å². The molecular weight excluding hydrogens is 282 g/mol. The van der Waals surface area contributed by atoms with E-state index in [0.717, 1.165) is 0 Å². The highest BCUT2D eigenvalue weighted by Crippen LogP contribution is 2.35. The summed E-state index contributed by atoms with van der Waals surface area (Å²) in [6.07, 6.45) is 0.0590. The zero-order valence-corrected chi connectivity index (χ0v) is 9.60. The van der Waals surface area contributed by atoms with Gasteiger partial charge in [-0.25, -0.2) is 0 Å². The molecule has 0 saturated heterocycles. The largest absolute Gasteiger partial charge is 0.501 e. The van der Waals surface area contributed by atoms with Crippen LogP contribution in [0.25, 0.3) is 0 Å². The third-order valence-electron chi connectivity index (χ3n) is 1.93. The van der Waals surface area contributed by atoms with Crippen LogP contribution in [-0.2, 0) is 11.2 Å². The Kier molecular flexibility index (Phi) is 3.83. The number of carboxylic acids is 1. The molecule has 0 fully saturated rings. The first kappa shape index (κ1) is 12.4. The molecule has 7 heteroatoms. The first-order valence-corrected chi connectivity index (χ1v) is 5.08. The quantitative estimate of drug-likeness (QED) is 0.653. The number of nitro groups is 1. The lowest BCUT2D eigenvalue weighted by molar-refractivity contribution is -0.386. The molecule has 0 radical (unpaired) electrons. The average molecular weight is 290 g/mol. The van der Waals surface area contributed by atoms with Gasteiger partial charge in [-0.1, -0.05) is 0 Å². The minimum Gasteiger partial charge on any atom is -0.501 e. The molecule has 0 unspecified atom stereocenters. The molecular formula is C9H8BrNO5. The van der Waals surface area contributed by atoms with Crippen molar-refractivity contribution >= 4 is 27.6 Å². The first-order valence-electron chi connectivity index (χ1n) is 4.29. The van der Waals surface area contributed by atoms with Crippen LogP contribution in [-0.4, -0.2) is 21.1 Å². The summed E-state index contributed by atoms with van der Waals surface area (Å²) in [7, 11) is 0. The van der Waals surface area contributed by atoms with Crippen molar-refractivity contribution in [1.29, 1.82) is 0 Å². The number of rotatable bonds is 4. The molecule has 0 heterocycles. The molecule has 6 nitrogen and oxygen atoms in total. The molecule has 0 saturated carbocycles. The lowest BCUT2D eigenvalue weighted by Crippen LogP contribution is -1.98. The summed E-state index contributed by atoms with van der Waals surface area (Å²) in [4.78, 5) is 20.2. The fourth-order valence-corrected chi connectivity index (χ4v) is 1.67. The Morgan fingerprint density at radius 3 is 2.62 bits per heavy atom. The van der Waals surface area contributed by atoms with Crippen molar-refractivity contribution < 1.29 is 19.9 Å². The van der Waals surface area contributed by atoms with E-state index in [1.54, 1.807) is 0 Å². The maximum atomic E-state index is 10.6. The van der Waals surface area contributed by atoms with E-state index in [0.29, 0.717) is 5.56 Å². The number of aromatic hydroxyl groups is 1. The smallest absolute Gasteiger partial charge is 0.312 e. The number of phenolic OH excluding ortho intramolecular Hbond substituents is 1. The molecule has 1 aromatic rings. The molecule has 1 aromatic carbocycles. The Labute approximate surface area is 98.8 Å². The molecule has 0 atom stereocenters. The molecule has 0 aliphatic carbocycles. The zero-order valence-electron chi connectivity index (χ0n) is 8.01. The van der Waals surface area contributed by atoms with Crippen LogP contribution in [0.1, 0.15) is 12.0 Å². The van der Waals surface area contributed by atoms with Gasteiger partial charge in [0.25, 0.3) is 0 Å². The Morgan fingerprint density at radius 1 is 1.50 bits per heavy atom. The van der Waals surface area contributed by atoms with Gasteiger partial charge in [0.15, 0.2) is 0 Å². The molecule has 16 heavy (non-hydrogen) atoms. The van der Waals surface area contributed by atoms with Gasteiger partial charge in [-0.2, -0.15) is 0 Å². The number of phenols is 1. The summed E-state index contributed by atoms with van der Waals surface area (Å²) < 4.78 is 0.182. The van der Waals surface area contributed by atoms with E-state index >= 15 is 0 Å². The van der Waals surface area contributed by atoms with Crippen molar-refractivity contribution in [2.45, 2.75) is 12.8 Å². The highest BCUT2D eigenvalue weighted by atomic mass is 79.9. The molecule has 1 rings (SSSR count). The van der Waals surface area contributed by atoms with Gasteiger partial charge in [0.05, 0.1) is 9.40 Å². The second-order valence-electron chi connectivity index (χ2n) is 3.10. The standard InChI is InChI=1S/C9H8BrNO5/c10-6-3-5(1-2-8(12)13)4-7(9(6)14)11(15)16/h3-4,14H,1-2H2,(H,12,13). The van der Waals surface area contributed by atoms with E-state index in [1.165, 1.54) is 12.1 Å². The van der Waals surface area contributed by atoms with Gasteiger partial charge in [-0.05, 0) is 34.0 Å². The number of halogens is 1. The van der Waals surface area contributed by atoms with E-state index in [1.807, 2.05) is 0 Å². The normalized spacial score (nSPS) is 10.1. The number of aryl methyl sites for hydroxylation is 1. The SMILES string of the molecule is O=C(O)CCc1cc(Br)c(O)c([N+](=O)[O-])c1. The average Bonchev–Trinajstić information content (AvgIpc) is 2.19. The van der Waals surface area contributed by atoms with Crippen LogP contribution in [0.3, 0.4) is 0 Å². The van der Waals surface area contributed by atoms with Crippen molar-refractivity contribution in [2.75, 3.05) is 0 Å². The van der Waals surface area contributed by atoms with Crippen LogP contribution >= 0.6 is 15.9 Å². The van der Waals surface area contributed by atoms with Crippen molar-refractivity contribution in [3.8, 4) is 5.75 Å². The second-order valence-corrected chi connectivity index (χ2v) is 3.95. The van der Waals surface area contributed by atoms with Gasteiger partial charge in [-0.15, -0.1) is 0 Å². The minimum absolute atomic E-state index is 0.117. The Morgan fingerprint density at radius 2 is 2.12 bits per heavy atom. The summed E-state index contributed by atoms with van der Waals surface area (Å²) in [5, 5.41) is 28.4. The number of benzene rings is 1. The Hall–Kier alpha value is -1.63. The third kappa shape index (κ3) is 2.93. The topological polar surface area (TPSA) is 101 Å². The molecule has 0 amide bonds. The molecule has 0 spiro atoms. The predicted octanol–water partition coefficient (Wildman–Crippen LogP) is 2.08. The van der Waals surface area contributed by atoms with Gasteiger partial charge < -0.3 is 10.2 Å². The van der Waals surface area contributed by atoms with Crippen molar-refractivity contribution in [3.63, 3.8) is 0 Å². The maximum absolute atomic E-state index is 10.6. The number of nitrogens with zero attached hydrogens (tertiary/aromatic N) is 1. The van der Waals surface area contributed by atoms with E-state index < -0.39 is 22.3 Å². The third-order valence-corrected chi connectivity index (χ3v) is 2.53. The molecule has 86 valence electrons. The molecule has 0 aromatic heterocycles. The van der Waals surface area contributed by atoms with Crippen LogP contribution in [0, 0.1) is 10.1 Å². The number of hydrogen-bond acceptors (Lipinski definition) is 4. The van der Waals surface area contributed by atoms with E-state index in [4.69, 9.17) is 5.11 Å². The van der Waals surface area contributed by atoms with Gasteiger partial charge in [0.1, 0.15) is 0 Å². The van der Waals surface area contributed by atoms with Crippen LogP contribution in [0.5, 0.6) is 5.75 Å². The van der Waals surface area contributed by atoms with Crippen LogP contribution < -0.4 is 0 Å². The fraction of sp³-hybridized carbons (Fsp3) is 0.222. The summed E-state index contributed by atoms with van der Waals surface area (Å²) in [5.74, 6) is -1.43. The molecule has 2 N–H and O–H groups in total. The summed E-state index contributed by atoms with van der Waals surface area (Å²) in [6, 6.07) is 2.63. The number of carboxylic acid groups (broad SMARTS) is 1. The monoisotopic (exact) mass is 289 g/mol. The highest BCUT2D eigenvalue weighted by molar-refractivity contribution is 9.10. The maximum Gasteiger partial charge on any atom is 0.312 e. The van der Waals surface area contributed by atoms with Gasteiger partial charge in [0.2, 0.25) is 5.75 Å². The Bertz CT molecular complexity index is 446. The van der Waals surface area contributed by atoms with Gasteiger partial charge in [-0.3, -0.25) is 14.9 Å². The molecule has 0 aliphatic rings.